The SMILES string of the molecule is CCNCc1cnc(N2CCC(CN3CCCC3)CC2)s1. The first-order chi connectivity index (χ1) is 10.3. The second kappa shape index (κ2) is 7.56. The minimum Gasteiger partial charge on any atom is -0.348 e. The maximum absolute atomic E-state index is 4.62. The zero-order chi connectivity index (χ0) is 14.5. The number of piperidine rings is 1. The van der Waals surface area contributed by atoms with Gasteiger partial charge in [-0.3, -0.25) is 0 Å². The molecule has 1 N–H and O–H groups in total. The Bertz CT molecular complexity index is 420. The molecule has 0 aromatic carbocycles. The van der Waals surface area contributed by atoms with Gasteiger partial charge in [-0.2, -0.15) is 0 Å². The normalized spacial score (nSPS) is 21.3. The molecule has 1 aromatic heterocycles. The van der Waals surface area contributed by atoms with E-state index in [1.54, 1.807) is 0 Å². The van der Waals surface area contributed by atoms with Crippen molar-refractivity contribution in [3.8, 4) is 0 Å². The first-order valence-corrected chi connectivity index (χ1v) is 9.29. The maximum Gasteiger partial charge on any atom is 0.185 e. The molecule has 0 atom stereocenters. The van der Waals surface area contributed by atoms with E-state index in [0.29, 0.717) is 0 Å². The summed E-state index contributed by atoms with van der Waals surface area (Å²) in [5.74, 6) is 0.903. The van der Waals surface area contributed by atoms with Crippen LogP contribution in [-0.4, -0.2) is 49.2 Å². The lowest BCUT2D eigenvalue weighted by atomic mass is 9.96. The Morgan fingerprint density at radius 3 is 2.71 bits per heavy atom. The summed E-state index contributed by atoms with van der Waals surface area (Å²) in [5, 5.41) is 4.60. The van der Waals surface area contributed by atoms with Crippen LogP contribution >= 0.6 is 11.3 Å². The third-order valence-corrected chi connectivity index (χ3v) is 5.75. The summed E-state index contributed by atoms with van der Waals surface area (Å²) in [6.07, 6.45) is 7.52. The lowest BCUT2D eigenvalue weighted by Crippen LogP contribution is -2.38. The van der Waals surface area contributed by atoms with Gasteiger partial charge in [-0.05, 0) is 51.2 Å². The summed E-state index contributed by atoms with van der Waals surface area (Å²) in [6.45, 7) is 10.5. The fraction of sp³-hybridized carbons (Fsp3) is 0.812. The third-order valence-electron chi connectivity index (χ3n) is 4.69. The summed E-state index contributed by atoms with van der Waals surface area (Å²) >= 11 is 1.86. The molecule has 2 fully saturated rings. The molecule has 0 unspecified atom stereocenters. The second-order valence-corrected chi connectivity index (χ2v) is 7.42. The first kappa shape index (κ1) is 15.3. The van der Waals surface area contributed by atoms with Gasteiger partial charge in [-0.1, -0.05) is 6.92 Å². The monoisotopic (exact) mass is 308 g/mol. The smallest absolute Gasteiger partial charge is 0.185 e. The zero-order valence-corrected chi connectivity index (χ0v) is 14.0. The molecule has 2 aliphatic rings. The fourth-order valence-electron chi connectivity index (χ4n) is 3.41. The van der Waals surface area contributed by atoms with E-state index in [9.17, 15) is 0 Å². The van der Waals surface area contributed by atoms with Crippen LogP contribution in [0.15, 0.2) is 6.20 Å². The van der Waals surface area contributed by atoms with Crippen LogP contribution in [-0.2, 0) is 6.54 Å². The van der Waals surface area contributed by atoms with Gasteiger partial charge in [-0.15, -0.1) is 11.3 Å². The Morgan fingerprint density at radius 1 is 1.24 bits per heavy atom. The lowest BCUT2D eigenvalue weighted by Gasteiger charge is -2.33. The van der Waals surface area contributed by atoms with Crippen LogP contribution in [0, 0.1) is 5.92 Å². The van der Waals surface area contributed by atoms with Crippen LogP contribution in [0.5, 0.6) is 0 Å². The third kappa shape index (κ3) is 4.18. The van der Waals surface area contributed by atoms with Crippen molar-refractivity contribution in [2.75, 3.05) is 44.2 Å². The zero-order valence-electron chi connectivity index (χ0n) is 13.2. The Labute approximate surface area is 132 Å². The number of thiazole rings is 1. The number of hydrogen-bond acceptors (Lipinski definition) is 5. The fourth-order valence-corrected chi connectivity index (χ4v) is 4.34. The number of anilines is 1. The molecule has 4 nitrogen and oxygen atoms in total. The van der Waals surface area contributed by atoms with Crippen molar-refractivity contribution in [1.82, 2.24) is 15.2 Å². The average Bonchev–Trinajstić information content (AvgIpc) is 3.17. The lowest BCUT2D eigenvalue weighted by molar-refractivity contribution is 0.249. The summed E-state index contributed by atoms with van der Waals surface area (Å²) in [5.41, 5.74) is 0. The molecule has 0 amide bonds. The molecule has 2 saturated heterocycles. The quantitative estimate of drug-likeness (QED) is 0.875. The highest BCUT2D eigenvalue weighted by Crippen LogP contribution is 2.28. The van der Waals surface area contributed by atoms with Gasteiger partial charge in [0.1, 0.15) is 0 Å². The summed E-state index contributed by atoms with van der Waals surface area (Å²) in [4.78, 5) is 11.1. The molecule has 0 aliphatic carbocycles. The standard InChI is InChI=1S/C16H28N4S/c1-2-17-11-15-12-18-16(21-15)20-9-5-14(6-10-20)13-19-7-3-4-8-19/h12,14,17H,2-11,13H2,1H3. The minimum atomic E-state index is 0.903. The topological polar surface area (TPSA) is 31.4 Å². The average molecular weight is 308 g/mol. The van der Waals surface area contributed by atoms with Crippen LogP contribution in [0.4, 0.5) is 5.13 Å². The highest BCUT2D eigenvalue weighted by Gasteiger charge is 2.24. The minimum absolute atomic E-state index is 0.903. The molecule has 0 spiro atoms. The Kier molecular flexibility index (Phi) is 5.49. The van der Waals surface area contributed by atoms with E-state index in [0.717, 1.165) is 19.0 Å². The Hall–Kier alpha value is -0.650. The van der Waals surface area contributed by atoms with Crippen molar-refractivity contribution in [3.05, 3.63) is 11.1 Å². The van der Waals surface area contributed by atoms with Gasteiger partial charge in [0, 0.05) is 37.3 Å². The predicted octanol–water partition coefficient (Wildman–Crippen LogP) is 2.56. The van der Waals surface area contributed by atoms with E-state index in [4.69, 9.17) is 0 Å². The van der Waals surface area contributed by atoms with Crippen molar-refractivity contribution >= 4 is 16.5 Å². The molecule has 21 heavy (non-hydrogen) atoms. The molecule has 1 aromatic rings. The van der Waals surface area contributed by atoms with Gasteiger partial charge in [0.05, 0.1) is 0 Å². The largest absolute Gasteiger partial charge is 0.348 e. The van der Waals surface area contributed by atoms with Gasteiger partial charge in [-0.25, -0.2) is 4.98 Å². The van der Waals surface area contributed by atoms with Crippen molar-refractivity contribution in [3.63, 3.8) is 0 Å². The number of rotatable bonds is 6. The van der Waals surface area contributed by atoms with E-state index in [2.05, 4.69) is 27.0 Å². The second-order valence-electron chi connectivity index (χ2n) is 6.33. The molecule has 0 bridgehead atoms. The van der Waals surface area contributed by atoms with Gasteiger partial charge in [0.15, 0.2) is 5.13 Å². The molecule has 0 radical (unpaired) electrons. The first-order valence-electron chi connectivity index (χ1n) is 8.48. The van der Waals surface area contributed by atoms with Crippen molar-refractivity contribution in [1.29, 1.82) is 0 Å². The molecule has 3 rings (SSSR count). The number of nitrogens with zero attached hydrogens (tertiary/aromatic N) is 3. The number of hydrogen-bond donors (Lipinski definition) is 1. The molecular formula is C16H28N4S. The van der Waals surface area contributed by atoms with E-state index in [-0.39, 0.29) is 0 Å². The summed E-state index contributed by atoms with van der Waals surface area (Å²) < 4.78 is 0. The number of aromatic nitrogens is 1. The molecule has 3 heterocycles. The van der Waals surface area contributed by atoms with Crippen LogP contribution in [0.2, 0.25) is 0 Å². The highest BCUT2D eigenvalue weighted by atomic mass is 32.1. The van der Waals surface area contributed by atoms with Gasteiger partial charge in [0.25, 0.3) is 0 Å². The maximum atomic E-state index is 4.62. The molecular weight excluding hydrogens is 280 g/mol. The van der Waals surface area contributed by atoms with E-state index < -0.39 is 0 Å². The van der Waals surface area contributed by atoms with Crippen LogP contribution in [0.1, 0.15) is 37.5 Å². The van der Waals surface area contributed by atoms with Gasteiger partial charge >= 0.3 is 0 Å². The predicted molar refractivity (Wildman–Crippen MR) is 90.1 cm³/mol. The molecule has 0 saturated carbocycles. The molecule has 118 valence electrons. The van der Waals surface area contributed by atoms with Crippen LogP contribution in [0.3, 0.4) is 0 Å². The van der Waals surface area contributed by atoms with E-state index in [1.807, 2.05) is 17.5 Å². The van der Waals surface area contributed by atoms with Gasteiger partial charge < -0.3 is 15.1 Å². The van der Waals surface area contributed by atoms with Crippen molar-refractivity contribution < 1.29 is 0 Å². The van der Waals surface area contributed by atoms with E-state index in [1.165, 1.54) is 68.4 Å². The number of nitrogens with one attached hydrogen (secondary N) is 1. The molecule has 5 heteroatoms. The highest BCUT2D eigenvalue weighted by molar-refractivity contribution is 7.15. The summed E-state index contributed by atoms with van der Waals surface area (Å²) in [6, 6.07) is 0. The Balaban J connectivity index is 1.45. The van der Waals surface area contributed by atoms with Crippen LogP contribution in [0.25, 0.3) is 0 Å². The number of likely N-dealkylation sites (tertiary alicyclic amines) is 1. The Morgan fingerprint density at radius 2 is 2.00 bits per heavy atom. The van der Waals surface area contributed by atoms with Crippen molar-refractivity contribution in [2.24, 2.45) is 5.92 Å². The van der Waals surface area contributed by atoms with Crippen molar-refractivity contribution in [2.45, 2.75) is 39.2 Å². The summed E-state index contributed by atoms with van der Waals surface area (Å²) in [7, 11) is 0. The van der Waals surface area contributed by atoms with E-state index >= 15 is 0 Å². The van der Waals surface area contributed by atoms with Gasteiger partial charge in [0.2, 0.25) is 0 Å². The molecule has 2 aliphatic heterocycles. The van der Waals surface area contributed by atoms with Crippen LogP contribution < -0.4 is 10.2 Å².